The Morgan fingerprint density at radius 1 is 1.33 bits per heavy atom. The van der Waals surface area contributed by atoms with Gasteiger partial charge in [0.05, 0.1) is 0 Å². The first-order valence-corrected chi connectivity index (χ1v) is 7.15. The first-order chi connectivity index (χ1) is 8.58. The number of likely N-dealkylation sites (tertiary alicyclic amines) is 1. The summed E-state index contributed by atoms with van der Waals surface area (Å²) in [6.45, 7) is 6.68. The Morgan fingerprint density at radius 3 is 2.61 bits per heavy atom. The van der Waals surface area contributed by atoms with Gasteiger partial charge in [0.25, 0.3) is 0 Å². The van der Waals surface area contributed by atoms with E-state index < -0.39 is 0 Å². The van der Waals surface area contributed by atoms with Gasteiger partial charge in [0.1, 0.15) is 0 Å². The quantitative estimate of drug-likeness (QED) is 0.899. The molecule has 0 amide bonds. The van der Waals surface area contributed by atoms with E-state index in [9.17, 15) is 0 Å². The Morgan fingerprint density at radius 2 is 2.00 bits per heavy atom. The minimum Gasteiger partial charge on any atom is -0.314 e. The summed E-state index contributed by atoms with van der Waals surface area (Å²) in [5, 5.41) is 4.38. The molecule has 0 aromatic heterocycles. The molecular formula is C15H23ClN2. The van der Waals surface area contributed by atoms with E-state index in [2.05, 4.69) is 43.2 Å². The number of benzene rings is 1. The molecule has 1 aromatic rings. The van der Waals surface area contributed by atoms with Crippen LogP contribution in [-0.2, 0) is 0 Å². The fourth-order valence-corrected chi connectivity index (χ4v) is 2.94. The Hall–Kier alpha value is -0.570. The largest absolute Gasteiger partial charge is 0.314 e. The highest BCUT2D eigenvalue weighted by atomic mass is 35.5. The summed E-state index contributed by atoms with van der Waals surface area (Å²) >= 11 is 5.97. The second-order valence-electron chi connectivity index (χ2n) is 5.59. The molecule has 1 saturated heterocycles. The fraction of sp³-hybridized carbons (Fsp3) is 0.600. The minimum absolute atomic E-state index is 0.522. The van der Waals surface area contributed by atoms with E-state index >= 15 is 0 Å². The van der Waals surface area contributed by atoms with Crippen molar-refractivity contribution in [3.8, 4) is 0 Å². The summed E-state index contributed by atoms with van der Waals surface area (Å²) in [7, 11) is 2.22. The van der Waals surface area contributed by atoms with Crippen LogP contribution in [0, 0.1) is 5.92 Å². The summed E-state index contributed by atoms with van der Waals surface area (Å²) in [6, 6.07) is 9.40. The molecule has 0 radical (unpaired) electrons. The van der Waals surface area contributed by atoms with Crippen LogP contribution in [0.1, 0.15) is 31.9 Å². The Bertz CT molecular complexity index is 375. The van der Waals surface area contributed by atoms with Crippen LogP contribution < -0.4 is 5.32 Å². The zero-order chi connectivity index (χ0) is 13.1. The van der Waals surface area contributed by atoms with E-state index in [1.165, 1.54) is 18.5 Å². The molecule has 0 spiro atoms. The zero-order valence-electron chi connectivity index (χ0n) is 11.5. The average molecular weight is 267 g/mol. The molecule has 1 heterocycles. The third kappa shape index (κ3) is 3.25. The van der Waals surface area contributed by atoms with Gasteiger partial charge in [-0.1, -0.05) is 37.6 Å². The molecule has 18 heavy (non-hydrogen) atoms. The SMILES string of the molecule is CC(C)NCC1CCN(C)C1c1ccc(Cl)cc1. The third-order valence-electron chi connectivity index (χ3n) is 3.77. The molecule has 0 saturated carbocycles. The lowest BCUT2D eigenvalue weighted by Gasteiger charge is -2.26. The third-order valence-corrected chi connectivity index (χ3v) is 4.03. The van der Waals surface area contributed by atoms with Crippen LogP contribution >= 0.6 is 11.6 Å². The molecule has 1 fully saturated rings. The summed E-state index contributed by atoms with van der Waals surface area (Å²) in [5.41, 5.74) is 1.38. The molecule has 2 nitrogen and oxygen atoms in total. The van der Waals surface area contributed by atoms with E-state index in [0.29, 0.717) is 18.0 Å². The van der Waals surface area contributed by atoms with Crippen molar-refractivity contribution < 1.29 is 0 Å². The van der Waals surface area contributed by atoms with Crippen LogP contribution in [0.2, 0.25) is 5.02 Å². The van der Waals surface area contributed by atoms with E-state index in [1.54, 1.807) is 0 Å². The Labute approximate surface area is 115 Å². The van der Waals surface area contributed by atoms with E-state index in [4.69, 9.17) is 11.6 Å². The second kappa shape index (κ2) is 6.05. The van der Waals surface area contributed by atoms with Crippen molar-refractivity contribution in [1.29, 1.82) is 0 Å². The van der Waals surface area contributed by atoms with Crippen LogP contribution in [0.3, 0.4) is 0 Å². The first-order valence-electron chi connectivity index (χ1n) is 6.77. The maximum absolute atomic E-state index is 5.97. The van der Waals surface area contributed by atoms with Gasteiger partial charge in [-0.15, -0.1) is 0 Å². The topological polar surface area (TPSA) is 15.3 Å². The van der Waals surface area contributed by atoms with Gasteiger partial charge in [-0.25, -0.2) is 0 Å². The molecule has 2 rings (SSSR count). The van der Waals surface area contributed by atoms with Crippen LogP contribution in [0.15, 0.2) is 24.3 Å². The summed E-state index contributed by atoms with van der Waals surface area (Å²) in [5.74, 6) is 0.693. The van der Waals surface area contributed by atoms with Gasteiger partial charge in [0, 0.05) is 23.7 Å². The van der Waals surface area contributed by atoms with Gasteiger partial charge in [-0.05, 0) is 43.6 Å². The predicted molar refractivity (Wildman–Crippen MR) is 78.1 cm³/mol. The van der Waals surface area contributed by atoms with Crippen molar-refractivity contribution in [2.45, 2.75) is 32.4 Å². The first kappa shape index (κ1) is 13.9. The van der Waals surface area contributed by atoms with E-state index in [1.807, 2.05) is 12.1 Å². The van der Waals surface area contributed by atoms with Gasteiger partial charge >= 0.3 is 0 Å². The number of nitrogens with one attached hydrogen (secondary N) is 1. The summed E-state index contributed by atoms with van der Waals surface area (Å²) in [6.07, 6.45) is 1.27. The molecule has 1 aromatic carbocycles. The van der Waals surface area contributed by atoms with Crippen LogP contribution in [0.4, 0.5) is 0 Å². The van der Waals surface area contributed by atoms with Gasteiger partial charge in [0.2, 0.25) is 0 Å². The monoisotopic (exact) mass is 266 g/mol. The van der Waals surface area contributed by atoms with Gasteiger partial charge < -0.3 is 5.32 Å². The van der Waals surface area contributed by atoms with Gasteiger partial charge in [-0.2, -0.15) is 0 Å². The van der Waals surface area contributed by atoms with Crippen molar-refractivity contribution >= 4 is 11.6 Å². The number of halogens is 1. The smallest absolute Gasteiger partial charge is 0.0406 e. The van der Waals surface area contributed by atoms with Crippen LogP contribution in [0.5, 0.6) is 0 Å². The molecule has 2 atom stereocenters. The Balaban J connectivity index is 2.09. The van der Waals surface area contributed by atoms with Crippen molar-refractivity contribution in [3.05, 3.63) is 34.9 Å². The minimum atomic E-state index is 0.522. The van der Waals surface area contributed by atoms with Gasteiger partial charge in [0.15, 0.2) is 0 Å². The molecule has 1 aliphatic rings. The van der Waals surface area contributed by atoms with Crippen molar-refractivity contribution in [1.82, 2.24) is 10.2 Å². The fourth-order valence-electron chi connectivity index (χ4n) is 2.81. The molecule has 0 bridgehead atoms. The lowest BCUT2D eigenvalue weighted by molar-refractivity contribution is 0.269. The maximum atomic E-state index is 5.97. The number of hydrogen-bond acceptors (Lipinski definition) is 2. The molecular weight excluding hydrogens is 244 g/mol. The van der Waals surface area contributed by atoms with E-state index in [0.717, 1.165) is 11.6 Å². The standard InChI is InChI=1S/C15H23ClN2/c1-11(2)17-10-13-8-9-18(3)15(13)12-4-6-14(16)7-5-12/h4-7,11,13,15,17H,8-10H2,1-3H3. The summed E-state index contributed by atoms with van der Waals surface area (Å²) in [4.78, 5) is 2.45. The van der Waals surface area contributed by atoms with Crippen molar-refractivity contribution in [2.24, 2.45) is 5.92 Å². The van der Waals surface area contributed by atoms with Gasteiger partial charge in [-0.3, -0.25) is 4.90 Å². The molecule has 1 N–H and O–H groups in total. The van der Waals surface area contributed by atoms with Crippen molar-refractivity contribution in [2.75, 3.05) is 20.1 Å². The number of rotatable bonds is 4. The zero-order valence-corrected chi connectivity index (χ0v) is 12.2. The average Bonchev–Trinajstić information content (AvgIpc) is 2.69. The normalized spacial score (nSPS) is 24.9. The lowest BCUT2D eigenvalue weighted by atomic mass is 9.93. The highest BCUT2D eigenvalue weighted by Gasteiger charge is 2.32. The molecule has 100 valence electrons. The molecule has 0 aliphatic carbocycles. The van der Waals surface area contributed by atoms with Crippen LogP contribution in [-0.4, -0.2) is 31.1 Å². The number of nitrogens with zero attached hydrogens (tertiary/aromatic N) is 1. The van der Waals surface area contributed by atoms with E-state index in [-0.39, 0.29) is 0 Å². The van der Waals surface area contributed by atoms with Crippen molar-refractivity contribution in [3.63, 3.8) is 0 Å². The highest BCUT2D eigenvalue weighted by Crippen LogP contribution is 2.36. The highest BCUT2D eigenvalue weighted by molar-refractivity contribution is 6.30. The second-order valence-corrected chi connectivity index (χ2v) is 6.03. The van der Waals surface area contributed by atoms with Crippen LogP contribution in [0.25, 0.3) is 0 Å². The molecule has 3 heteroatoms. The molecule has 2 unspecified atom stereocenters. The lowest BCUT2D eigenvalue weighted by Crippen LogP contribution is -2.32. The predicted octanol–water partition coefficient (Wildman–Crippen LogP) is 3.33. The number of hydrogen-bond donors (Lipinski definition) is 1. The summed E-state index contributed by atoms with van der Waals surface area (Å²) < 4.78 is 0. The maximum Gasteiger partial charge on any atom is 0.0406 e. The molecule has 1 aliphatic heterocycles. The Kier molecular flexibility index (Phi) is 4.66.